The van der Waals surface area contributed by atoms with Gasteiger partial charge in [0.1, 0.15) is 0 Å². The molecule has 29 heavy (non-hydrogen) atoms. The van der Waals surface area contributed by atoms with Crippen LogP contribution in [0.25, 0.3) is 5.70 Å². The van der Waals surface area contributed by atoms with E-state index in [-0.39, 0.29) is 37.8 Å². The molecule has 0 saturated carbocycles. The Morgan fingerprint density at radius 3 is 2.17 bits per heavy atom. The minimum Gasteiger partial charge on any atom is -0.449 e. The van der Waals surface area contributed by atoms with E-state index in [0.29, 0.717) is 5.01 Å². The maximum atomic E-state index is 13.6. The molecular formula is C17H27N4O7P. The van der Waals surface area contributed by atoms with Crippen LogP contribution in [0.1, 0.15) is 33.4 Å². The van der Waals surface area contributed by atoms with Gasteiger partial charge in [0.2, 0.25) is 0 Å². The molecule has 0 atom stereocenters. The van der Waals surface area contributed by atoms with E-state index in [1.54, 1.807) is 39.8 Å². The molecule has 11 nitrogen and oxygen atoms in total. The first-order chi connectivity index (χ1) is 13.8. The maximum Gasteiger partial charge on any atom is 0.433 e. The highest BCUT2D eigenvalue weighted by atomic mass is 31.2. The molecule has 1 rings (SSSR count). The third-order valence-electron chi connectivity index (χ3n) is 3.18. The summed E-state index contributed by atoms with van der Waals surface area (Å²) in [5.74, 6) is 0. The van der Waals surface area contributed by atoms with Gasteiger partial charge in [-0.2, -0.15) is 5.01 Å². The van der Waals surface area contributed by atoms with E-state index < -0.39 is 25.2 Å². The summed E-state index contributed by atoms with van der Waals surface area (Å²) in [6, 6.07) is 4.83. The smallest absolute Gasteiger partial charge is 0.433 e. The summed E-state index contributed by atoms with van der Waals surface area (Å²) in [6.07, 6.45) is -0.597. The predicted octanol–water partition coefficient (Wildman–Crippen LogP) is 3.05. The number of nitrogens with one attached hydrogen (secondary N) is 1. The Morgan fingerprint density at radius 1 is 1.07 bits per heavy atom. The number of hydrogen-bond acceptors (Lipinski definition) is 9. The second-order valence-corrected chi connectivity index (χ2v) is 7.09. The molecule has 3 N–H and O–H groups in total. The zero-order chi connectivity index (χ0) is 21.9. The van der Waals surface area contributed by atoms with Crippen molar-refractivity contribution in [2.45, 2.75) is 27.7 Å². The number of nitrogens with two attached hydrogens (primary N) is 1. The lowest BCUT2D eigenvalue weighted by atomic mass is 10.3. The first-order valence-corrected chi connectivity index (χ1v) is 10.6. The Hall–Kier alpha value is -2.62. The Bertz CT molecular complexity index is 747. The zero-order valence-corrected chi connectivity index (χ0v) is 17.8. The molecular weight excluding hydrogens is 403 g/mol. The van der Waals surface area contributed by atoms with Gasteiger partial charge in [0.25, 0.3) is 0 Å². The number of amides is 2. The third-order valence-corrected chi connectivity index (χ3v) is 5.34. The van der Waals surface area contributed by atoms with Crippen molar-refractivity contribution < 1.29 is 32.7 Å². The molecule has 1 aromatic rings. The van der Waals surface area contributed by atoms with Crippen molar-refractivity contribution >= 4 is 25.5 Å². The quantitative estimate of drug-likeness (QED) is 0.446. The van der Waals surface area contributed by atoms with Crippen LogP contribution in [-0.2, 0) is 23.1 Å². The summed E-state index contributed by atoms with van der Waals surface area (Å²) in [6.45, 7) is 6.30. The molecule has 0 bridgehead atoms. The molecule has 1 aromatic heterocycles. The van der Waals surface area contributed by atoms with E-state index >= 15 is 0 Å². The SMILES string of the molecule is CCOC(=O)NN(C(=O)OCC)/C(=C(\N)c1ccccn1)P(=O)(OCC)OCC. The van der Waals surface area contributed by atoms with Crippen LogP contribution < -0.4 is 11.2 Å². The maximum absolute atomic E-state index is 13.6. The zero-order valence-electron chi connectivity index (χ0n) is 16.9. The van der Waals surface area contributed by atoms with E-state index in [1.807, 2.05) is 0 Å². The van der Waals surface area contributed by atoms with Gasteiger partial charge < -0.3 is 24.3 Å². The second-order valence-electron chi connectivity index (χ2n) is 5.15. The van der Waals surface area contributed by atoms with Crippen LogP contribution >= 0.6 is 7.60 Å². The molecule has 0 aliphatic rings. The summed E-state index contributed by atoms with van der Waals surface area (Å²) in [7, 11) is -4.19. The molecule has 0 aliphatic heterocycles. The van der Waals surface area contributed by atoms with E-state index in [0.717, 1.165) is 0 Å². The van der Waals surface area contributed by atoms with Crippen LogP contribution in [0.4, 0.5) is 9.59 Å². The fourth-order valence-corrected chi connectivity index (χ4v) is 3.94. The van der Waals surface area contributed by atoms with Crippen molar-refractivity contribution in [1.82, 2.24) is 15.4 Å². The minimum absolute atomic E-state index is 0.0215. The largest absolute Gasteiger partial charge is 0.449 e. The number of pyridine rings is 1. The van der Waals surface area contributed by atoms with Crippen LogP contribution in [0.15, 0.2) is 29.8 Å². The fourth-order valence-electron chi connectivity index (χ4n) is 2.15. The van der Waals surface area contributed by atoms with Gasteiger partial charge in [0.05, 0.1) is 37.8 Å². The minimum atomic E-state index is -4.19. The van der Waals surface area contributed by atoms with Crippen molar-refractivity contribution in [3.8, 4) is 0 Å². The van der Waals surface area contributed by atoms with Crippen LogP contribution in [-0.4, -0.2) is 48.6 Å². The number of ether oxygens (including phenoxy) is 2. The van der Waals surface area contributed by atoms with Gasteiger partial charge in [-0.05, 0) is 39.8 Å². The number of aromatic nitrogens is 1. The van der Waals surface area contributed by atoms with Gasteiger partial charge in [-0.3, -0.25) is 9.55 Å². The molecule has 0 fully saturated rings. The number of rotatable bonds is 9. The molecule has 0 radical (unpaired) electrons. The third kappa shape index (κ3) is 6.74. The van der Waals surface area contributed by atoms with Crippen molar-refractivity contribution in [1.29, 1.82) is 0 Å². The van der Waals surface area contributed by atoms with Crippen LogP contribution in [0.3, 0.4) is 0 Å². The molecule has 0 aromatic carbocycles. The standard InChI is InChI=1S/C17H27N4O7P/c1-5-25-16(22)20-21(17(23)26-6-2)15(29(24,27-7-3)28-8-4)14(18)13-11-9-10-12-19-13/h9-12H,5-8,18H2,1-4H3,(H,20,22)/b15-14+. The first-order valence-electron chi connectivity index (χ1n) is 9.05. The van der Waals surface area contributed by atoms with Crippen LogP contribution in [0.2, 0.25) is 0 Å². The molecule has 162 valence electrons. The Balaban J connectivity index is 3.69. The molecule has 1 heterocycles. The number of carbonyl (C=O) groups excluding carboxylic acids is 2. The average Bonchev–Trinajstić information content (AvgIpc) is 2.68. The van der Waals surface area contributed by atoms with Crippen LogP contribution in [0.5, 0.6) is 0 Å². The molecule has 2 amide bonds. The summed E-state index contributed by atoms with van der Waals surface area (Å²) in [5.41, 5.74) is 7.93. The Kier molecular flexibility index (Phi) is 10.1. The molecule has 0 spiro atoms. The number of nitrogens with zero attached hydrogens (tertiary/aromatic N) is 2. The van der Waals surface area contributed by atoms with Gasteiger partial charge in [-0.15, -0.1) is 0 Å². The highest BCUT2D eigenvalue weighted by molar-refractivity contribution is 7.58. The molecule has 0 saturated heterocycles. The Morgan fingerprint density at radius 2 is 1.69 bits per heavy atom. The summed E-state index contributed by atoms with van der Waals surface area (Å²) >= 11 is 0. The van der Waals surface area contributed by atoms with Gasteiger partial charge in [-0.25, -0.2) is 15.0 Å². The van der Waals surface area contributed by atoms with Gasteiger partial charge >= 0.3 is 19.8 Å². The second kappa shape index (κ2) is 12.1. The predicted molar refractivity (Wildman–Crippen MR) is 105 cm³/mol. The number of carbonyl (C=O) groups is 2. The van der Waals surface area contributed by atoms with Crippen molar-refractivity contribution in [3.63, 3.8) is 0 Å². The highest BCUT2D eigenvalue weighted by Crippen LogP contribution is 2.58. The van der Waals surface area contributed by atoms with E-state index in [9.17, 15) is 14.2 Å². The topological polar surface area (TPSA) is 142 Å². The number of hydrazine groups is 1. The molecule has 12 heteroatoms. The van der Waals surface area contributed by atoms with Gasteiger partial charge in [0, 0.05) is 6.20 Å². The molecule has 0 aliphatic carbocycles. The lowest BCUT2D eigenvalue weighted by Gasteiger charge is -2.29. The lowest BCUT2D eigenvalue weighted by Crippen LogP contribution is -2.47. The number of hydrogen-bond donors (Lipinski definition) is 2. The lowest BCUT2D eigenvalue weighted by molar-refractivity contribution is 0.0877. The van der Waals surface area contributed by atoms with Crippen molar-refractivity contribution in [3.05, 3.63) is 35.5 Å². The Labute approximate surface area is 169 Å². The van der Waals surface area contributed by atoms with Crippen molar-refractivity contribution in [2.24, 2.45) is 5.73 Å². The first kappa shape index (κ1) is 24.4. The van der Waals surface area contributed by atoms with Gasteiger partial charge in [0.15, 0.2) is 5.44 Å². The summed E-state index contributed by atoms with van der Waals surface area (Å²) in [4.78, 5) is 28.7. The summed E-state index contributed by atoms with van der Waals surface area (Å²) in [5, 5.41) is 0.567. The van der Waals surface area contributed by atoms with Gasteiger partial charge in [-0.1, -0.05) is 6.07 Å². The molecule has 0 unspecified atom stereocenters. The van der Waals surface area contributed by atoms with Crippen LogP contribution in [0, 0.1) is 0 Å². The van der Waals surface area contributed by atoms with E-state index in [2.05, 4.69) is 10.4 Å². The summed E-state index contributed by atoms with van der Waals surface area (Å²) < 4.78 is 34.1. The fraction of sp³-hybridized carbons (Fsp3) is 0.471. The average molecular weight is 430 g/mol. The van der Waals surface area contributed by atoms with E-state index in [4.69, 9.17) is 24.3 Å². The van der Waals surface area contributed by atoms with E-state index in [1.165, 1.54) is 12.3 Å². The van der Waals surface area contributed by atoms with Crippen molar-refractivity contribution in [2.75, 3.05) is 26.4 Å². The monoisotopic (exact) mass is 430 g/mol. The normalized spacial score (nSPS) is 12.0. The highest BCUT2D eigenvalue weighted by Gasteiger charge is 2.41.